The van der Waals surface area contributed by atoms with Gasteiger partial charge in [0.05, 0.1) is 6.61 Å². The second-order valence-electron chi connectivity index (χ2n) is 5.14. The number of nitrogens with zero attached hydrogens (tertiary/aromatic N) is 1. The molecule has 110 valence electrons. The maximum absolute atomic E-state index is 11.8. The monoisotopic (exact) mass is 279 g/mol. The highest BCUT2D eigenvalue weighted by Gasteiger charge is 2.32. The Labute approximate surface area is 119 Å². The first kappa shape index (κ1) is 16.1. The molecule has 0 saturated heterocycles. The lowest BCUT2D eigenvalue weighted by atomic mass is 10.0. The number of hydrogen-bond acceptors (Lipinski definition) is 5. The maximum atomic E-state index is 11.8. The normalized spacial score (nSPS) is 12.7. The Morgan fingerprint density at radius 1 is 1.40 bits per heavy atom. The molecule has 1 rings (SSSR count). The fourth-order valence-corrected chi connectivity index (χ4v) is 1.73. The van der Waals surface area contributed by atoms with Gasteiger partial charge < -0.3 is 9.47 Å². The second kappa shape index (κ2) is 6.50. The molecule has 0 fully saturated rings. The number of aryl methyl sites for hydroxylation is 1. The van der Waals surface area contributed by atoms with Crippen LogP contribution in [-0.4, -0.2) is 18.2 Å². The van der Waals surface area contributed by atoms with E-state index < -0.39 is 17.6 Å². The molecule has 0 spiro atoms. The van der Waals surface area contributed by atoms with E-state index in [9.17, 15) is 9.70 Å². The third-order valence-electron chi connectivity index (χ3n) is 2.97. The number of carbonyl (C=O) groups excluding carboxylic acids is 1. The summed E-state index contributed by atoms with van der Waals surface area (Å²) in [5, 5.41) is 2.99. The summed E-state index contributed by atoms with van der Waals surface area (Å²) in [5.74, 6) is 0.177. The molecule has 0 saturated carbocycles. The molecule has 5 heteroatoms. The number of esters is 1. The van der Waals surface area contributed by atoms with Crippen LogP contribution >= 0.6 is 0 Å². The van der Waals surface area contributed by atoms with Crippen molar-refractivity contribution in [1.29, 1.82) is 0 Å². The van der Waals surface area contributed by atoms with Gasteiger partial charge in [0.2, 0.25) is 0 Å². The van der Waals surface area contributed by atoms with Crippen LogP contribution in [0.4, 0.5) is 0 Å². The molecule has 0 bridgehead atoms. The largest absolute Gasteiger partial charge is 0.476 e. The highest BCUT2D eigenvalue weighted by molar-refractivity contribution is 5.79. The van der Waals surface area contributed by atoms with Crippen LogP contribution in [0.2, 0.25) is 0 Å². The number of carbonyl (C=O) groups is 1. The topological polar surface area (TPSA) is 65.0 Å². The molecule has 1 unspecified atom stereocenters. The summed E-state index contributed by atoms with van der Waals surface area (Å²) in [7, 11) is 0. The quantitative estimate of drug-likeness (QED) is 0.590. The molecule has 0 N–H and O–H groups in total. The van der Waals surface area contributed by atoms with E-state index in [0.717, 1.165) is 11.1 Å². The summed E-state index contributed by atoms with van der Waals surface area (Å²) in [6.07, 6.45) is 0. The highest BCUT2D eigenvalue weighted by Crippen LogP contribution is 2.27. The third-order valence-corrected chi connectivity index (χ3v) is 2.97. The average Bonchev–Trinajstić information content (AvgIpc) is 2.40. The molecule has 5 nitrogen and oxygen atoms in total. The van der Waals surface area contributed by atoms with E-state index in [1.54, 1.807) is 39.8 Å². The summed E-state index contributed by atoms with van der Waals surface area (Å²) in [4.78, 5) is 22.3. The third kappa shape index (κ3) is 3.79. The van der Waals surface area contributed by atoms with Crippen LogP contribution in [-0.2, 0) is 9.53 Å². The van der Waals surface area contributed by atoms with E-state index in [2.05, 4.69) is 5.18 Å². The standard InChI is InChI=1S/C15H21NO4/c1-6-19-14(17)15(4,5)20-13-8-7-12(9-10(13)2)11(3)16-18/h7-9,11H,6H2,1-5H3. The first-order chi connectivity index (χ1) is 9.31. The van der Waals surface area contributed by atoms with E-state index in [1.165, 1.54) is 0 Å². The van der Waals surface area contributed by atoms with Gasteiger partial charge >= 0.3 is 5.97 Å². The summed E-state index contributed by atoms with van der Waals surface area (Å²) in [6, 6.07) is 4.95. The van der Waals surface area contributed by atoms with E-state index in [1.807, 2.05) is 13.0 Å². The molecule has 0 aliphatic rings. The van der Waals surface area contributed by atoms with Gasteiger partial charge in [-0.25, -0.2) is 4.79 Å². The molecule has 0 aliphatic carbocycles. The zero-order chi connectivity index (χ0) is 15.3. The van der Waals surface area contributed by atoms with Crippen LogP contribution in [0.25, 0.3) is 0 Å². The lowest BCUT2D eigenvalue weighted by Crippen LogP contribution is -2.39. The molecule has 1 atom stereocenters. The van der Waals surface area contributed by atoms with Crippen molar-refractivity contribution in [3.05, 3.63) is 34.2 Å². The van der Waals surface area contributed by atoms with E-state index in [0.29, 0.717) is 12.4 Å². The predicted molar refractivity (Wildman–Crippen MR) is 76.7 cm³/mol. The van der Waals surface area contributed by atoms with Gasteiger partial charge in [-0.2, -0.15) is 4.91 Å². The van der Waals surface area contributed by atoms with E-state index in [4.69, 9.17) is 9.47 Å². The predicted octanol–water partition coefficient (Wildman–Crippen LogP) is 3.54. The van der Waals surface area contributed by atoms with Crippen LogP contribution in [0.15, 0.2) is 23.4 Å². The minimum absolute atomic E-state index is 0.312. The molecular weight excluding hydrogens is 258 g/mol. The van der Waals surface area contributed by atoms with Crippen molar-refractivity contribution < 1.29 is 14.3 Å². The zero-order valence-electron chi connectivity index (χ0n) is 12.6. The van der Waals surface area contributed by atoms with Crippen LogP contribution in [0.5, 0.6) is 5.75 Å². The van der Waals surface area contributed by atoms with Gasteiger partial charge in [0.25, 0.3) is 0 Å². The Balaban J connectivity index is 2.93. The Morgan fingerprint density at radius 3 is 2.55 bits per heavy atom. The summed E-state index contributed by atoms with van der Waals surface area (Å²) in [5.41, 5.74) is 0.603. The molecule has 0 radical (unpaired) electrons. The Bertz CT molecular complexity index is 497. The smallest absolute Gasteiger partial charge is 0.349 e. The van der Waals surface area contributed by atoms with Crippen molar-refractivity contribution in [2.45, 2.75) is 46.3 Å². The molecule has 0 amide bonds. The van der Waals surface area contributed by atoms with Crippen molar-refractivity contribution in [3.8, 4) is 5.75 Å². The first-order valence-corrected chi connectivity index (χ1v) is 6.61. The van der Waals surface area contributed by atoms with Gasteiger partial charge in [0.1, 0.15) is 11.8 Å². The highest BCUT2D eigenvalue weighted by atomic mass is 16.6. The number of nitroso groups, excluding NO2 is 1. The Hall–Kier alpha value is -1.91. The average molecular weight is 279 g/mol. The van der Waals surface area contributed by atoms with Crippen LogP contribution in [0.3, 0.4) is 0 Å². The lowest BCUT2D eigenvalue weighted by molar-refractivity contribution is -0.158. The van der Waals surface area contributed by atoms with Crippen LogP contribution in [0.1, 0.15) is 44.9 Å². The minimum Gasteiger partial charge on any atom is -0.476 e. The summed E-state index contributed by atoms with van der Waals surface area (Å²) in [6.45, 7) is 8.97. The SMILES string of the molecule is CCOC(=O)C(C)(C)Oc1ccc(C(C)N=O)cc1C. The van der Waals surface area contributed by atoms with Crippen LogP contribution in [0, 0.1) is 11.8 Å². The van der Waals surface area contributed by atoms with Gasteiger partial charge in [-0.05, 0) is 51.8 Å². The second-order valence-corrected chi connectivity index (χ2v) is 5.14. The Morgan fingerprint density at radius 2 is 2.05 bits per heavy atom. The minimum atomic E-state index is -1.06. The fourth-order valence-electron chi connectivity index (χ4n) is 1.73. The number of ether oxygens (including phenoxy) is 2. The lowest BCUT2D eigenvalue weighted by Gasteiger charge is -2.25. The van der Waals surface area contributed by atoms with Gasteiger partial charge in [0.15, 0.2) is 5.60 Å². The van der Waals surface area contributed by atoms with E-state index >= 15 is 0 Å². The van der Waals surface area contributed by atoms with Crippen molar-refractivity contribution >= 4 is 5.97 Å². The molecule has 20 heavy (non-hydrogen) atoms. The molecular formula is C15H21NO4. The molecule has 1 aromatic carbocycles. The van der Waals surface area contributed by atoms with Crippen LogP contribution < -0.4 is 4.74 Å². The molecule has 0 aliphatic heterocycles. The first-order valence-electron chi connectivity index (χ1n) is 6.61. The van der Waals surface area contributed by atoms with Crippen molar-refractivity contribution in [1.82, 2.24) is 0 Å². The summed E-state index contributed by atoms with van der Waals surface area (Å²) >= 11 is 0. The van der Waals surface area contributed by atoms with E-state index in [-0.39, 0.29) is 0 Å². The zero-order valence-corrected chi connectivity index (χ0v) is 12.6. The fraction of sp³-hybridized carbons (Fsp3) is 0.533. The van der Waals surface area contributed by atoms with Gasteiger partial charge in [0, 0.05) is 0 Å². The van der Waals surface area contributed by atoms with Crippen molar-refractivity contribution in [2.75, 3.05) is 6.61 Å². The van der Waals surface area contributed by atoms with Gasteiger partial charge in [-0.1, -0.05) is 17.3 Å². The molecule has 0 aromatic heterocycles. The summed E-state index contributed by atoms with van der Waals surface area (Å²) < 4.78 is 10.7. The van der Waals surface area contributed by atoms with Gasteiger partial charge in [-0.3, -0.25) is 0 Å². The molecule has 0 heterocycles. The molecule has 1 aromatic rings. The number of hydrogen-bond donors (Lipinski definition) is 0. The number of benzene rings is 1. The van der Waals surface area contributed by atoms with Crippen molar-refractivity contribution in [3.63, 3.8) is 0 Å². The van der Waals surface area contributed by atoms with Gasteiger partial charge in [-0.15, -0.1) is 0 Å². The maximum Gasteiger partial charge on any atom is 0.349 e. The number of rotatable bonds is 6. The van der Waals surface area contributed by atoms with Crippen molar-refractivity contribution in [2.24, 2.45) is 5.18 Å². The Kier molecular flexibility index (Phi) is 5.25.